The smallest absolute Gasteiger partial charge is 0.292 e. The van der Waals surface area contributed by atoms with Gasteiger partial charge in [0.1, 0.15) is 5.76 Å². The van der Waals surface area contributed by atoms with E-state index in [9.17, 15) is 0 Å². The number of nitrogens with zero attached hydrogens (tertiary/aromatic N) is 2. The Bertz CT molecular complexity index is 374. The first-order chi connectivity index (χ1) is 7.24. The first-order valence-electron chi connectivity index (χ1n) is 5.68. The van der Waals surface area contributed by atoms with E-state index in [1.54, 1.807) is 0 Å². The van der Waals surface area contributed by atoms with Crippen LogP contribution in [0.1, 0.15) is 24.3 Å². The highest BCUT2D eigenvalue weighted by molar-refractivity contribution is 5.24. The average molecular weight is 207 g/mol. The topological polar surface area (TPSA) is 55.3 Å². The van der Waals surface area contributed by atoms with Gasteiger partial charge in [0, 0.05) is 12.5 Å². The predicted octanol–water partition coefficient (Wildman–Crippen LogP) is 1.07. The molecule has 1 fully saturated rings. The standard InChI is InChI=1S/C11H17N3O/c1-14-4-2-3-7-5-8-10(6-9(7)14)15-11(12)13-8/h7,9H,2-6H2,1H3,(H2,12,13)/t7-,9-/m1/s1. The minimum absolute atomic E-state index is 0.335. The summed E-state index contributed by atoms with van der Waals surface area (Å²) < 4.78 is 5.44. The van der Waals surface area contributed by atoms with E-state index in [4.69, 9.17) is 10.2 Å². The van der Waals surface area contributed by atoms with Crippen molar-refractivity contribution in [3.8, 4) is 0 Å². The molecule has 2 N–H and O–H groups in total. The Morgan fingerprint density at radius 1 is 1.47 bits per heavy atom. The summed E-state index contributed by atoms with van der Waals surface area (Å²) in [5.41, 5.74) is 6.69. The van der Waals surface area contributed by atoms with Crippen molar-refractivity contribution in [1.82, 2.24) is 9.88 Å². The van der Waals surface area contributed by atoms with Crippen molar-refractivity contribution in [3.05, 3.63) is 11.5 Å². The molecule has 0 radical (unpaired) electrons. The number of rotatable bonds is 0. The maximum atomic E-state index is 5.59. The quantitative estimate of drug-likeness (QED) is 0.691. The van der Waals surface area contributed by atoms with Gasteiger partial charge in [-0.3, -0.25) is 0 Å². The van der Waals surface area contributed by atoms with Crippen LogP contribution >= 0.6 is 0 Å². The Labute approximate surface area is 89.5 Å². The third kappa shape index (κ3) is 1.44. The number of anilines is 1. The minimum Gasteiger partial charge on any atom is -0.429 e. The van der Waals surface area contributed by atoms with Crippen LogP contribution in [-0.2, 0) is 12.8 Å². The highest BCUT2D eigenvalue weighted by Crippen LogP contribution is 2.34. The molecule has 2 aliphatic rings. The van der Waals surface area contributed by atoms with Crippen molar-refractivity contribution in [1.29, 1.82) is 0 Å². The number of piperidine rings is 1. The van der Waals surface area contributed by atoms with Crippen LogP contribution in [0.25, 0.3) is 0 Å². The zero-order valence-electron chi connectivity index (χ0n) is 9.07. The molecule has 0 spiro atoms. The lowest BCUT2D eigenvalue weighted by Gasteiger charge is -2.41. The molecular formula is C11H17N3O. The highest BCUT2D eigenvalue weighted by atomic mass is 16.4. The predicted molar refractivity (Wildman–Crippen MR) is 57.5 cm³/mol. The molecule has 1 saturated heterocycles. The van der Waals surface area contributed by atoms with Gasteiger partial charge in [-0.2, -0.15) is 4.98 Å². The van der Waals surface area contributed by atoms with Gasteiger partial charge in [-0.25, -0.2) is 0 Å². The highest BCUT2D eigenvalue weighted by Gasteiger charge is 2.36. The van der Waals surface area contributed by atoms with Crippen LogP contribution in [-0.4, -0.2) is 29.5 Å². The lowest BCUT2D eigenvalue weighted by molar-refractivity contribution is 0.106. The van der Waals surface area contributed by atoms with E-state index < -0.39 is 0 Å². The van der Waals surface area contributed by atoms with Crippen LogP contribution in [0.2, 0.25) is 0 Å². The van der Waals surface area contributed by atoms with Gasteiger partial charge in [-0.05, 0) is 38.8 Å². The fourth-order valence-corrected chi connectivity index (χ4v) is 3.04. The molecular weight excluding hydrogens is 190 g/mol. The van der Waals surface area contributed by atoms with Gasteiger partial charge in [0.25, 0.3) is 6.01 Å². The van der Waals surface area contributed by atoms with E-state index in [1.165, 1.54) is 19.4 Å². The van der Waals surface area contributed by atoms with Crippen molar-refractivity contribution in [2.24, 2.45) is 5.92 Å². The summed E-state index contributed by atoms with van der Waals surface area (Å²) in [5, 5.41) is 0. The van der Waals surface area contributed by atoms with Gasteiger partial charge in [0.2, 0.25) is 0 Å². The molecule has 0 aromatic carbocycles. The van der Waals surface area contributed by atoms with E-state index in [0.29, 0.717) is 12.1 Å². The van der Waals surface area contributed by atoms with Gasteiger partial charge in [-0.1, -0.05) is 0 Å². The number of oxazole rings is 1. The Morgan fingerprint density at radius 2 is 2.33 bits per heavy atom. The normalized spacial score (nSPS) is 31.0. The molecule has 4 nitrogen and oxygen atoms in total. The molecule has 2 heterocycles. The molecule has 0 bridgehead atoms. The number of likely N-dealkylation sites (N-methyl/N-ethyl adjacent to an activating group) is 1. The number of aromatic nitrogens is 1. The van der Waals surface area contributed by atoms with Crippen LogP contribution in [0.15, 0.2) is 4.42 Å². The van der Waals surface area contributed by atoms with Crippen LogP contribution in [0.4, 0.5) is 6.01 Å². The molecule has 1 aromatic heterocycles. The second-order valence-corrected chi connectivity index (χ2v) is 4.78. The molecule has 3 rings (SSSR count). The number of likely N-dealkylation sites (tertiary alicyclic amines) is 1. The lowest BCUT2D eigenvalue weighted by Crippen LogP contribution is -2.46. The van der Waals surface area contributed by atoms with E-state index in [1.807, 2.05) is 0 Å². The Kier molecular flexibility index (Phi) is 1.99. The van der Waals surface area contributed by atoms with Gasteiger partial charge >= 0.3 is 0 Å². The van der Waals surface area contributed by atoms with E-state index in [0.717, 1.165) is 30.2 Å². The fraction of sp³-hybridized carbons (Fsp3) is 0.727. The number of nitrogens with two attached hydrogens (primary N) is 1. The summed E-state index contributed by atoms with van der Waals surface area (Å²) in [6.45, 7) is 1.21. The largest absolute Gasteiger partial charge is 0.429 e. The van der Waals surface area contributed by atoms with Crippen LogP contribution in [0.5, 0.6) is 0 Å². The molecule has 1 aromatic rings. The van der Waals surface area contributed by atoms with Gasteiger partial charge < -0.3 is 15.1 Å². The number of nitrogen functional groups attached to an aromatic ring is 1. The molecule has 0 amide bonds. The monoisotopic (exact) mass is 207 g/mol. The fourth-order valence-electron chi connectivity index (χ4n) is 3.04. The number of hydrogen-bond donors (Lipinski definition) is 1. The van der Waals surface area contributed by atoms with Crippen LogP contribution in [0, 0.1) is 5.92 Å². The number of fused-ring (bicyclic) bond motifs is 2. The number of hydrogen-bond acceptors (Lipinski definition) is 4. The summed E-state index contributed by atoms with van der Waals surface area (Å²) in [7, 11) is 2.21. The van der Waals surface area contributed by atoms with Gasteiger partial charge in [0.15, 0.2) is 0 Å². The van der Waals surface area contributed by atoms with Crippen molar-refractivity contribution in [2.45, 2.75) is 31.7 Å². The Hall–Kier alpha value is -1.03. The molecule has 82 valence electrons. The van der Waals surface area contributed by atoms with Crippen molar-refractivity contribution >= 4 is 6.01 Å². The Balaban J connectivity index is 1.91. The summed E-state index contributed by atoms with van der Waals surface area (Å²) in [5.74, 6) is 1.77. The first kappa shape index (κ1) is 9.21. The van der Waals surface area contributed by atoms with Gasteiger partial charge in [-0.15, -0.1) is 0 Å². The van der Waals surface area contributed by atoms with E-state index in [2.05, 4.69) is 16.9 Å². The summed E-state index contributed by atoms with van der Waals surface area (Å²) in [6, 6.07) is 0.972. The maximum absolute atomic E-state index is 5.59. The summed E-state index contributed by atoms with van der Waals surface area (Å²) >= 11 is 0. The van der Waals surface area contributed by atoms with E-state index >= 15 is 0 Å². The van der Waals surface area contributed by atoms with Gasteiger partial charge in [0.05, 0.1) is 5.69 Å². The van der Waals surface area contributed by atoms with Crippen molar-refractivity contribution in [3.63, 3.8) is 0 Å². The molecule has 1 aliphatic carbocycles. The lowest BCUT2D eigenvalue weighted by atomic mass is 9.79. The SMILES string of the molecule is CN1CCC[C@@H]2Cc3nc(N)oc3C[C@H]21. The molecule has 15 heavy (non-hydrogen) atoms. The third-order valence-corrected chi connectivity index (χ3v) is 3.84. The maximum Gasteiger partial charge on any atom is 0.292 e. The van der Waals surface area contributed by atoms with Crippen molar-refractivity contribution < 1.29 is 4.42 Å². The molecule has 2 atom stereocenters. The zero-order chi connectivity index (χ0) is 10.4. The minimum atomic E-state index is 0.335. The first-order valence-corrected chi connectivity index (χ1v) is 5.68. The molecule has 4 heteroatoms. The summed E-state index contributed by atoms with van der Waals surface area (Å²) in [4.78, 5) is 6.71. The zero-order valence-corrected chi connectivity index (χ0v) is 9.07. The van der Waals surface area contributed by atoms with Crippen LogP contribution in [0.3, 0.4) is 0 Å². The van der Waals surface area contributed by atoms with Crippen LogP contribution < -0.4 is 5.73 Å². The third-order valence-electron chi connectivity index (χ3n) is 3.84. The molecule has 0 saturated carbocycles. The Morgan fingerprint density at radius 3 is 3.20 bits per heavy atom. The van der Waals surface area contributed by atoms with Crippen molar-refractivity contribution in [2.75, 3.05) is 19.3 Å². The second-order valence-electron chi connectivity index (χ2n) is 4.78. The average Bonchev–Trinajstić information content (AvgIpc) is 2.55. The summed E-state index contributed by atoms with van der Waals surface area (Å²) in [6.07, 6.45) is 4.66. The molecule has 0 unspecified atom stereocenters. The molecule has 1 aliphatic heterocycles. The second kappa shape index (κ2) is 3.23. The van der Waals surface area contributed by atoms with E-state index in [-0.39, 0.29) is 0 Å².